The normalized spacial score (nSPS) is 23.0. The van der Waals surface area contributed by atoms with Crippen molar-refractivity contribution < 1.29 is 14.4 Å². The highest BCUT2D eigenvalue weighted by Gasteiger charge is 2.37. The third-order valence-corrected chi connectivity index (χ3v) is 9.08. The van der Waals surface area contributed by atoms with E-state index in [-0.39, 0.29) is 36.0 Å². The van der Waals surface area contributed by atoms with Crippen LogP contribution in [0.1, 0.15) is 73.0 Å². The van der Waals surface area contributed by atoms with Crippen molar-refractivity contribution in [2.24, 2.45) is 0 Å². The minimum absolute atomic E-state index is 0.0390. The molecular formula is C33H39ClN4O3. The molecule has 2 aliphatic carbocycles. The molecule has 216 valence electrons. The van der Waals surface area contributed by atoms with Gasteiger partial charge in [-0.3, -0.25) is 19.3 Å². The second kappa shape index (κ2) is 13.0. The van der Waals surface area contributed by atoms with E-state index in [0.29, 0.717) is 30.1 Å². The van der Waals surface area contributed by atoms with Gasteiger partial charge < -0.3 is 15.5 Å². The van der Waals surface area contributed by atoms with Crippen LogP contribution in [0.25, 0.3) is 0 Å². The summed E-state index contributed by atoms with van der Waals surface area (Å²) < 4.78 is 0. The van der Waals surface area contributed by atoms with E-state index in [1.165, 1.54) is 11.1 Å². The fourth-order valence-corrected chi connectivity index (χ4v) is 6.66. The van der Waals surface area contributed by atoms with Crippen LogP contribution in [0.2, 0.25) is 5.02 Å². The quantitative estimate of drug-likeness (QED) is 0.405. The van der Waals surface area contributed by atoms with Gasteiger partial charge in [0.15, 0.2) is 0 Å². The Bertz CT molecular complexity index is 1340. The molecule has 3 amide bonds. The molecule has 1 heterocycles. The van der Waals surface area contributed by atoms with Gasteiger partial charge in [-0.05, 0) is 87.4 Å². The van der Waals surface area contributed by atoms with Gasteiger partial charge in [0.25, 0.3) is 5.91 Å². The predicted molar refractivity (Wildman–Crippen MR) is 161 cm³/mol. The van der Waals surface area contributed by atoms with Gasteiger partial charge in [-0.2, -0.15) is 0 Å². The molecule has 0 spiro atoms. The van der Waals surface area contributed by atoms with E-state index in [0.717, 1.165) is 49.6 Å². The van der Waals surface area contributed by atoms with E-state index >= 15 is 0 Å². The summed E-state index contributed by atoms with van der Waals surface area (Å²) in [5.74, 6) is -0.126. The highest BCUT2D eigenvalue weighted by molar-refractivity contribution is 6.31. The maximum Gasteiger partial charge on any atom is 0.251 e. The zero-order valence-corrected chi connectivity index (χ0v) is 24.6. The van der Waals surface area contributed by atoms with Crippen LogP contribution in [-0.4, -0.2) is 59.7 Å². The largest absolute Gasteiger partial charge is 0.348 e. The SMILES string of the molecule is CC(c1ccccc1Cl)N(C=O)Cc1ccc(C(=O)NC2CC(C(=O)NC3CCCC4=C3C=CCC4)N(C)C2)cc1. The summed E-state index contributed by atoms with van der Waals surface area (Å²) in [6.07, 6.45) is 11.2. The number of amides is 3. The average Bonchev–Trinajstić information content (AvgIpc) is 3.36. The number of hydrogen-bond acceptors (Lipinski definition) is 4. The zero-order valence-electron chi connectivity index (χ0n) is 23.8. The van der Waals surface area contributed by atoms with E-state index in [4.69, 9.17) is 11.6 Å². The van der Waals surface area contributed by atoms with Crippen LogP contribution < -0.4 is 10.6 Å². The number of carbonyl (C=O) groups is 3. The molecule has 1 saturated heterocycles. The first-order valence-corrected chi connectivity index (χ1v) is 15.0. The van der Waals surface area contributed by atoms with Gasteiger partial charge >= 0.3 is 0 Å². The van der Waals surface area contributed by atoms with E-state index in [1.807, 2.05) is 55.3 Å². The lowest BCUT2D eigenvalue weighted by Gasteiger charge is -2.31. The standard InChI is InChI=1S/C33H39ClN4O3/c1-22(27-10-5-6-12-29(27)34)38(21-39)19-23-14-16-25(17-15-23)32(40)35-26-18-31(37(2)20-26)33(41)36-30-13-7-9-24-8-3-4-11-28(24)30/h4-6,10-12,14-17,21-22,26,30-31H,3,7-9,13,18-20H2,1-2H3,(H,35,40)(H,36,41). The molecule has 0 saturated carbocycles. The number of likely N-dealkylation sites (N-methyl/N-ethyl adjacent to an activating group) is 1. The van der Waals surface area contributed by atoms with Crippen molar-refractivity contribution in [3.05, 3.63) is 93.5 Å². The van der Waals surface area contributed by atoms with Crippen molar-refractivity contribution in [2.75, 3.05) is 13.6 Å². The summed E-state index contributed by atoms with van der Waals surface area (Å²) >= 11 is 6.34. The Hall–Kier alpha value is -3.42. The number of hydrogen-bond donors (Lipinski definition) is 2. The Morgan fingerprint density at radius 1 is 1.12 bits per heavy atom. The van der Waals surface area contributed by atoms with Crippen LogP contribution in [0.3, 0.4) is 0 Å². The first-order valence-electron chi connectivity index (χ1n) is 14.6. The van der Waals surface area contributed by atoms with Gasteiger partial charge in [0, 0.05) is 29.7 Å². The third kappa shape index (κ3) is 6.74. The molecule has 5 rings (SSSR count). The minimum Gasteiger partial charge on any atom is -0.348 e. The fourth-order valence-electron chi connectivity index (χ4n) is 6.36. The molecule has 0 radical (unpaired) electrons. The summed E-state index contributed by atoms with van der Waals surface area (Å²) in [6.45, 7) is 2.96. The molecule has 4 atom stereocenters. The maximum absolute atomic E-state index is 13.3. The van der Waals surface area contributed by atoms with Gasteiger partial charge in [-0.1, -0.05) is 59.7 Å². The van der Waals surface area contributed by atoms with Crippen molar-refractivity contribution in [1.29, 1.82) is 0 Å². The van der Waals surface area contributed by atoms with Crippen LogP contribution in [0.15, 0.2) is 71.8 Å². The second-order valence-corrected chi connectivity index (χ2v) is 11.9. The number of nitrogens with one attached hydrogen (secondary N) is 2. The molecule has 0 aromatic heterocycles. The van der Waals surface area contributed by atoms with Crippen molar-refractivity contribution in [1.82, 2.24) is 20.4 Å². The lowest BCUT2D eigenvalue weighted by atomic mass is 9.82. The molecular weight excluding hydrogens is 536 g/mol. The monoisotopic (exact) mass is 574 g/mol. The number of rotatable bonds is 9. The molecule has 1 fully saturated rings. The van der Waals surface area contributed by atoms with Crippen LogP contribution in [0.4, 0.5) is 0 Å². The Balaban J connectivity index is 1.15. The topological polar surface area (TPSA) is 81.8 Å². The Morgan fingerprint density at radius 2 is 1.90 bits per heavy atom. The maximum atomic E-state index is 13.3. The van der Waals surface area contributed by atoms with Crippen LogP contribution in [0, 0.1) is 0 Å². The summed E-state index contributed by atoms with van der Waals surface area (Å²) in [6, 6.07) is 14.3. The molecule has 41 heavy (non-hydrogen) atoms. The van der Waals surface area contributed by atoms with Crippen molar-refractivity contribution in [3.63, 3.8) is 0 Å². The summed E-state index contributed by atoms with van der Waals surface area (Å²) in [5, 5.41) is 7.04. The fraction of sp³-hybridized carbons (Fsp3) is 0.424. The van der Waals surface area contributed by atoms with E-state index in [2.05, 4.69) is 22.8 Å². The Kier molecular flexibility index (Phi) is 9.25. The summed E-state index contributed by atoms with van der Waals surface area (Å²) in [5.41, 5.74) is 5.15. The summed E-state index contributed by atoms with van der Waals surface area (Å²) in [4.78, 5) is 41.9. The van der Waals surface area contributed by atoms with Crippen molar-refractivity contribution in [3.8, 4) is 0 Å². The number of allylic oxidation sites excluding steroid dienone is 2. The van der Waals surface area contributed by atoms with E-state index < -0.39 is 0 Å². The minimum atomic E-state index is -0.268. The average molecular weight is 575 g/mol. The lowest BCUT2D eigenvalue weighted by Crippen LogP contribution is -2.47. The van der Waals surface area contributed by atoms with Crippen LogP contribution >= 0.6 is 11.6 Å². The highest BCUT2D eigenvalue weighted by Crippen LogP contribution is 2.32. The van der Waals surface area contributed by atoms with Crippen molar-refractivity contribution in [2.45, 2.75) is 76.2 Å². The van der Waals surface area contributed by atoms with Gasteiger partial charge in [0.1, 0.15) is 0 Å². The molecule has 3 aliphatic rings. The predicted octanol–water partition coefficient (Wildman–Crippen LogP) is 5.18. The second-order valence-electron chi connectivity index (χ2n) is 11.5. The van der Waals surface area contributed by atoms with Gasteiger partial charge in [0.2, 0.25) is 12.3 Å². The van der Waals surface area contributed by atoms with Gasteiger partial charge in [-0.15, -0.1) is 0 Å². The number of nitrogens with zero attached hydrogens (tertiary/aromatic N) is 2. The smallest absolute Gasteiger partial charge is 0.251 e. The molecule has 2 N–H and O–H groups in total. The molecule has 2 aromatic carbocycles. The third-order valence-electron chi connectivity index (χ3n) is 8.74. The van der Waals surface area contributed by atoms with E-state index in [9.17, 15) is 14.4 Å². The van der Waals surface area contributed by atoms with Crippen LogP contribution in [0.5, 0.6) is 0 Å². The Morgan fingerprint density at radius 3 is 2.66 bits per heavy atom. The Labute approximate surface area is 247 Å². The first-order chi connectivity index (χ1) is 19.8. The highest BCUT2D eigenvalue weighted by atomic mass is 35.5. The first kappa shape index (κ1) is 29.1. The van der Waals surface area contributed by atoms with Crippen LogP contribution in [-0.2, 0) is 16.1 Å². The molecule has 2 aromatic rings. The molecule has 8 heteroatoms. The zero-order chi connectivity index (χ0) is 28.9. The lowest BCUT2D eigenvalue weighted by molar-refractivity contribution is -0.125. The molecule has 4 unspecified atom stereocenters. The van der Waals surface area contributed by atoms with Gasteiger partial charge in [-0.25, -0.2) is 0 Å². The number of likely N-dealkylation sites (tertiary alicyclic amines) is 1. The molecule has 0 bridgehead atoms. The van der Waals surface area contributed by atoms with Crippen molar-refractivity contribution >= 4 is 29.8 Å². The molecule has 1 aliphatic heterocycles. The number of carbonyl (C=O) groups excluding carboxylic acids is 3. The van der Waals surface area contributed by atoms with E-state index in [1.54, 1.807) is 17.0 Å². The van der Waals surface area contributed by atoms with Gasteiger partial charge in [0.05, 0.1) is 18.1 Å². The number of benzene rings is 2. The molecule has 7 nitrogen and oxygen atoms in total. The summed E-state index contributed by atoms with van der Waals surface area (Å²) in [7, 11) is 1.94. The number of halogens is 1.